The lowest BCUT2D eigenvalue weighted by atomic mass is 9.97. The second-order valence-corrected chi connectivity index (χ2v) is 12.6. The summed E-state index contributed by atoms with van der Waals surface area (Å²) in [5, 5.41) is 2.17. The van der Waals surface area contributed by atoms with Gasteiger partial charge >= 0.3 is 0 Å². The molecule has 0 saturated heterocycles. The van der Waals surface area contributed by atoms with Crippen molar-refractivity contribution in [2.24, 2.45) is 0 Å². The summed E-state index contributed by atoms with van der Waals surface area (Å²) in [6.45, 7) is 2.09. The van der Waals surface area contributed by atoms with Crippen LogP contribution in [0.1, 0.15) is 26.3 Å². The molecule has 1 aliphatic rings. The summed E-state index contributed by atoms with van der Waals surface area (Å²) in [4.78, 5) is 30.3. The summed E-state index contributed by atoms with van der Waals surface area (Å²) in [5.41, 5.74) is 11.4. The Morgan fingerprint density at radius 3 is 1.71 bits per heavy atom. The Balaban J connectivity index is 1.21. The first-order valence-corrected chi connectivity index (χ1v) is 16.4. The SMILES string of the molecule is Cc1ccc(-c2ccc3c(c2)c2ccccc2n3-c2cccc3c2C(=O)N(c2cc(-c4ccccc4)cc(-c4ccccc4)c2)C3=O)cc1. The quantitative estimate of drug-likeness (QED) is 0.178. The number of imide groups is 1. The Kier molecular flexibility index (Phi) is 6.63. The molecule has 232 valence electrons. The van der Waals surface area contributed by atoms with E-state index in [0.717, 1.165) is 55.2 Å². The molecule has 1 aromatic heterocycles. The molecule has 0 radical (unpaired) electrons. The molecule has 0 unspecified atom stereocenters. The van der Waals surface area contributed by atoms with Gasteiger partial charge in [0, 0.05) is 10.8 Å². The van der Waals surface area contributed by atoms with E-state index in [2.05, 4.69) is 72.2 Å². The average molecular weight is 631 g/mol. The van der Waals surface area contributed by atoms with E-state index in [1.54, 1.807) is 6.07 Å². The van der Waals surface area contributed by atoms with Gasteiger partial charge < -0.3 is 4.57 Å². The summed E-state index contributed by atoms with van der Waals surface area (Å²) >= 11 is 0. The van der Waals surface area contributed by atoms with Gasteiger partial charge in [-0.15, -0.1) is 0 Å². The van der Waals surface area contributed by atoms with Crippen molar-refractivity contribution in [3.63, 3.8) is 0 Å². The Bertz CT molecular complexity index is 2530. The molecular formula is C45H30N2O2. The summed E-state index contributed by atoms with van der Waals surface area (Å²) in [5.74, 6) is -0.657. The molecule has 0 fully saturated rings. The number of benzene rings is 7. The van der Waals surface area contributed by atoms with E-state index in [9.17, 15) is 9.59 Å². The number of aromatic nitrogens is 1. The summed E-state index contributed by atoms with van der Waals surface area (Å²) < 4.78 is 2.13. The van der Waals surface area contributed by atoms with Gasteiger partial charge in [0.1, 0.15) is 0 Å². The highest BCUT2D eigenvalue weighted by atomic mass is 16.2. The molecule has 0 aliphatic carbocycles. The van der Waals surface area contributed by atoms with Crippen LogP contribution < -0.4 is 4.90 Å². The van der Waals surface area contributed by atoms with Crippen LogP contribution in [0.25, 0.3) is 60.9 Å². The van der Waals surface area contributed by atoms with Gasteiger partial charge in [-0.05, 0) is 88.8 Å². The van der Waals surface area contributed by atoms with Gasteiger partial charge in [-0.2, -0.15) is 0 Å². The van der Waals surface area contributed by atoms with Crippen LogP contribution in [0, 0.1) is 6.92 Å². The van der Waals surface area contributed by atoms with E-state index in [1.807, 2.05) is 97.1 Å². The van der Waals surface area contributed by atoms with Crippen molar-refractivity contribution in [3.8, 4) is 39.1 Å². The number of carbonyl (C=O) groups excluding carboxylic acids is 2. The van der Waals surface area contributed by atoms with E-state index in [1.165, 1.54) is 10.5 Å². The van der Waals surface area contributed by atoms with Crippen LogP contribution in [0.15, 0.2) is 164 Å². The second-order valence-electron chi connectivity index (χ2n) is 12.6. The molecular weight excluding hydrogens is 601 g/mol. The Labute approximate surface area is 284 Å². The van der Waals surface area contributed by atoms with Gasteiger partial charge in [0.15, 0.2) is 0 Å². The number of anilines is 1. The highest BCUT2D eigenvalue weighted by Crippen LogP contribution is 2.40. The highest BCUT2D eigenvalue weighted by Gasteiger charge is 2.39. The minimum absolute atomic E-state index is 0.325. The largest absolute Gasteiger partial charge is 0.308 e. The van der Waals surface area contributed by atoms with Crippen molar-refractivity contribution in [1.29, 1.82) is 0 Å². The van der Waals surface area contributed by atoms with E-state index in [0.29, 0.717) is 22.5 Å². The molecule has 0 atom stereocenters. The maximum absolute atomic E-state index is 14.6. The van der Waals surface area contributed by atoms with Crippen molar-refractivity contribution in [1.82, 2.24) is 4.57 Å². The zero-order chi connectivity index (χ0) is 33.1. The Morgan fingerprint density at radius 1 is 0.429 bits per heavy atom. The summed E-state index contributed by atoms with van der Waals surface area (Å²) in [7, 11) is 0. The third-order valence-electron chi connectivity index (χ3n) is 9.58. The number of rotatable bonds is 5. The predicted molar refractivity (Wildman–Crippen MR) is 199 cm³/mol. The normalized spacial score (nSPS) is 12.6. The van der Waals surface area contributed by atoms with E-state index in [-0.39, 0.29) is 11.8 Å². The predicted octanol–water partition coefficient (Wildman–Crippen LogP) is 10.9. The van der Waals surface area contributed by atoms with Crippen LogP contribution in [0.4, 0.5) is 5.69 Å². The molecule has 1 aliphatic heterocycles. The molecule has 8 aromatic rings. The molecule has 4 heteroatoms. The van der Waals surface area contributed by atoms with Crippen LogP contribution in [0.3, 0.4) is 0 Å². The van der Waals surface area contributed by atoms with E-state index < -0.39 is 0 Å². The molecule has 2 amide bonds. The molecule has 4 nitrogen and oxygen atoms in total. The second kappa shape index (κ2) is 11.3. The summed E-state index contributed by atoms with van der Waals surface area (Å²) in [6, 6.07) is 55.0. The third kappa shape index (κ3) is 4.68. The first-order valence-electron chi connectivity index (χ1n) is 16.4. The zero-order valence-corrected chi connectivity index (χ0v) is 26.8. The molecule has 9 rings (SSSR count). The van der Waals surface area contributed by atoms with Crippen LogP contribution in [-0.2, 0) is 0 Å². The number of fused-ring (bicyclic) bond motifs is 4. The van der Waals surface area contributed by atoms with Crippen molar-refractivity contribution in [3.05, 3.63) is 180 Å². The maximum Gasteiger partial charge on any atom is 0.268 e. The molecule has 0 saturated carbocycles. The maximum atomic E-state index is 14.6. The fraction of sp³-hybridized carbons (Fsp3) is 0.0222. The molecule has 0 spiro atoms. The van der Waals surface area contributed by atoms with Gasteiger partial charge in [0.25, 0.3) is 11.8 Å². The van der Waals surface area contributed by atoms with Gasteiger partial charge in [-0.1, -0.05) is 121 Å². The van der Waals surface area contributed by atoms with Crippen molar-refractivity contribution < 1.29 is 9.59 Å². The van der Waals surface area contributed by atoms with Crippen molar-refractivity contribution >= 4 is 39.3 Å². The molecule has 49 heavy (non-hydrogen) atoms. The number of aryl methyl sites for hydroxylation is 1. The topological polar surface area (TPSA) is 42.3 Å². The minimum atomic E-state index is -0.331. The fourth-order valence-electron chi connectivity index (χ4n) is 7.18. The number of hydrogen-bond donors (Lipinski definition) is 0. The van der Waals surface area contributed by atoms with Crippen LogP contribution in [-0.4, -0.2) is 16.4 Å². The van der Waals surface area contributed by atoms with Gasteiger partial charge in [-0.25, -0.2) is 4.90 Å². The van der Waals surface area contributed by atoms with E-state index in [4.69, 9.17) is 0 Å². The standard InChI is InChI=1S/C45H30N2O2/c1-29-19-21-32(22-20-29)33-23-24-41-39(28-33)37-15-8-9-17-40(37)47(41)42-18-10-16-38-43(42)45(49)46(44(38)48)36-26-34(30-11-4-2-5-12-30)25-35(27-36)31-13-6-3-7-14-31/h2-28H,1H3. The number of hydrogen-bond acceptors (Lipinski definition) is 2. The van der Waals surface area contributed by atoms with Gasteiger partial charge in [-0.3, -0.25) is 9.59 Å². The highest BCUT2D eigenvalue weighted by molar-refractivity contribution is 6.36. The lowest BCUT2D eigenvalue weighted by Crippen LogP contribution is -2.29. The lowest BCUT2D eigenvalue weighted by molar-refractivity contribution is 0.0926. The van der Waals surface area contributed by atoms with E-state index >= 15 is 0 Å². The molecule has 0 bridgehead atoms. The smallest absolute Gasteiger partial charge is 0.268 e. The molecule has 2 heterocycles. The molecule has 7 aromatic carbocycles. The zero-order valence-electron chi connectivity index (χ0n) is 26.8. The van der Waals surface area contributed by atoms with Crippen LogP contribution in [0.2, 0.25) is 0 Å². The Hall–Kier alpha value is -6.52. The van der Waals surface area contributed by atoms with Gasteiger partial charge in [0.05, 0.1) is 33.5 Å². The summed E-state index contributed by atoms with van der Waals surface area (Å²) in [6.07, 6.45) is 0. The first-order chi connectivity index (χ1) is 24.0. The molecule has 0 N–H and O–H groups in total. The van der Waals surface area contributed by atoms with Crippen LogP contribution >= 0.6 is 0 Å². The average Bonchev–Trinajstić information content (AvgIpc) is 3.62. The fourth-order valence-corrected chi connectivity index (χ4v) is 7.18. The van der Waals surface area contributed by atoms with Gasteiger partial charge in [0.2, 0.25) is 0 Å². The third-order valence-corrected chi connectivity index (χ3v) is 9.58. The number of amides is 2. The minimum Gasteiger partial charge on any atom is -0.308 e. The number of carbonyl (C=O) groups is 2. The number of para-hydroxylation sites is 1. The monoisotopic (exact) mass is 630 g/mol. The first kappa shape index (κ1) is 28.7. The van der Waals surface area contributed by atoms with Crippen molar-refractivity contribution in [2.75, 3.05) is 4.90 Å². The number of nitrogens with zero attached hydrogens (tertiary/aromatic N) is 2. The lowest BCUT2D eigenvalue weighted by Gasteiger charge is -2.18. The Morgan fingerprint density at radius 2 is 1.02 bits per heavy atom. The van der Waals surface area contributed by atoms with Crippen molar-refractivity contribution in [2.45, 2.75) is 6.92 Å². The van der Waals surface area contributed by atoms with Crippen LogP contribution in [0.5, 0.6) is 0 Å².